The normalized spacial score (nSPS) is 12.1. The average molecular weight is 497 g/mol. The Bertz CT molecular complexity index is 1300. The molecule has 0 saturated heterocycles. The fourth-order valence-corrected chi connectivity index (χ4v) is 5.12. The number of methoxy groups -OCH3 is 2. The highest BCUT2D eigenvalue weighted by molar-refractivity contribution is 7.92. The monoisotopic (exact) mass is 496 g/mol. The second-order valence-corrected chi connectivity index (χ2v) is 10.4. The number of anilines is 1. The predicted octanol–water partition coefficient (Wildman–Crippen LogP) is 4.70. The van der Waals surface area contributed by atoms with Crippen LogP contribution in [-0.2, 0) is 14.8 Å². The van der Waals surface area contributed by atoms with Gasteiger partial charge in [0.25, 0.3) is 10.0 Å². The fourth-order valence-electron chi connectivity index (χ4n) is 3.71. The number of ether oxygens (including phenoxy) is 2. The number of nitrogens with one attached hydrogen (secondary N) is 1. The molecule has 0 aliphatic heterocycles. The van der Waals surface area contributed by atoms with Crippen molar-refractivity contribution in [3.8, 4) is 11.5 Å². The molecule has 3 aromatic carbocycles. The summed E-state index contributed by atoms with van der Waals surface area (Å²) in [6.07, 6.45) is 0. The van der Waals surface area contributed by atoms with E-state index in [-0.39, 0.29) is 11.4 Å². The van der Waals surface area contributed by atoms with E-state index >= 15 is 0 Å². The van der Waals surface area contributed by atoms with Crippen LogP contribution < -0.4 is 19.1 Å². The van der Waals surface area contributed by atoms with Crippen LogP contribution in [0.4, 0.5) is 5.69 Å². The summed E-state index contributed by atoms with van der Waals surface area (Å²) < 4.78 is 39.1. The molecular weight excluding hydrogens is 464 g/mol. The molecule has 186 valence electrons. The first-order valence-electron chi connectivity index (χ1n) is 11.2. The maximum absolute atomic E-state index is 13.6. The summed E-state index contributed by atoms with van der Waals surface area (Å²) in [6, 6.07) is 16.8. The van der Waals surface area contributed by atoms with Crippen molar-refractivity contribution >= 4 is 21.6 Å². The Hall–Kier alpha value is -3.52. The Morgan fingerprint density at radius 3 is 2.20 bits per heavy atom. The Kier molecular flexibility index (Phi) is 8.07. The molecule has 1 atom stereocenters. The number of aryl methyl sites for hydroxylation is 3. The van der Waals surface area contributed by atoms with Gasteiger partial charge in [0.15, 0.2) is 0 Å². The topological polar surface area (TPSA) is 84.9 Å². The molecule has 0 bridgehead atoms. The molecule has 0 spiro atoms. The maximum atomic E-state index is 13.6. The van der Waals surface area contributed by atoms with Crippen molar-refractivity contribution in [1.82, 2.24) is 5.32 Å². The van der Waals surface area contributed by atoms with Crippen molar-refractivity contribution in [2.45, 2.75) is 38.6 Å². The standard InChI is InChI=1S/C27H32N2O5S/c1-18-7-12-24(13-8-18)35(31,32)29(22-10-9-19(2)20(3)15-22)17-27(30)28-21(4)25-16-23(33-5)11-14-26(25)34-6/h7-16,21H,17H2,1-6H3,(H,28,30)/t21-/m0/s1. The lowest BCUT2D eigenvalue weighted by Gasteiger charge is -2.26. The molecule has 0 aromatic heterocycles. The molecule has 1 N–H and O–H groups in total. The van der Waals surface area contributed by atoms with Crippen molar-refractivity contribution in [3.05, 3.63) is 82.9 Å². The first-order chi connectivity index (χ1) is 16.6. The lowest BCUT2D eigenvalue weighted by atomic mass is 10.1. The van der Waals surface area contributed by atoms with Crippen LogP contribution in [0.3, 0.4) is 0 Å². The first kappa shape index (κ1) is 26.1. The van der Waals surface area contributed by atoms with Crippen LogP contribution in [0.5, 0.6) is 11.5 Å². The minimum Gasteiger partial charge on any atom is -0.497 e. The van der Waals surface area contributed by atoms with E-state index in [1.165, 1.54) is 0 Å². The molecule has 0 heterocycles. The van der Waals surface area contributed by atoms with E-state index in [0.717, 1.165) is 26.6 Å². The number of hydrogen-bond donors (Lipinski definition) is 1. The zero-order chi connectivity index (χ0) is 25.8. The molecule has 8 heteroatoms. The van der Waals surface area contributed by atoms with Gasteiger partial charge in [-0.3, -0.25) is 9.10 Å². The van der Waals surface area contributed by atoms with E-state index in [9.17, 15) is 13.2 Å². The number of benzene rings is 3. The molecule has 3 rings (SSSR count). The Morgan fingerprint density at radius 2 is 1.60 bits per heavy atom. The van der Waals surface area contributed by atoms with Crippen LogP contribution in [0.15, 0.2) is 65.6 Å². The van der Waals surface area contributed by atoms with Crippen molar-refractivity contribution in [1.29, 1.82) is 0 Å². The van der Waals surface area contributed by atoms with Gasteiger partial charge in [-0.2, -0.15) is 0 Å². The number of carbonyl (C=O) groups is 1. The third-order valence-electron chi connectivity index (χ3n) is 5.96. The number of nitrogens with zero attached hydrogens (tertiary/aromatic N) is 1. The van der Waals surface area contributed by atoms with Gasteiger partial charge in [-0.25, -0.2) is 8.42 Å². The summed E-state index contributed by atoms with van der Waals surface area (Å²) in [5.74, 6) is 0.772. The molecule has 7 nitrogen and oxygen atoms in total. The second-order valence-electron chi connectivity index (χ2n) is 8.49. The molecule has 3 aromatic rings. The fraction of sp³-hybridized carbons (Fsp3) is 0.296. The van der Waals surface area contributed by atoms with E-state index in [4.69, 9.17) is 9.47 Å². The maximum Gasteiger partial charge on any atom is 0.264 e. The first-order valence-corrected chi connectivity index (χ1v) is 12.7. The smallest absolute Gasteiger partial charge is 0.264 e. The molecule has 0 fully saturated rings. The Labute approximate surface area is 207 Å². The van der Waals surface area contributed by atoms with E-state index < -0.39 is 22.0 Å². The summed E-state index contributed by atoms with van der Waals surface area (Å²) in [6.45, 7) is 7.18. The SMILES string of the molecule is COc1ccc(OC)c([C@H](C)NC(=O)CN(c2ccc(C)c(C)c2)S(=O)(=O)c2ccc(C)cc2)c1. The molecule has 0 aliphatic carbocycles. The molecule has 0 saturated carbocycles. The number of amides is 1. The third-order valence-corrected chi connectivity index (χ3v) is 7.74. The third kappa shape index (κ3) is 5.95. The summed E-state index contributed by atoms with van der Waals surface area (Å²) in [4.78, 5) is 13.3. The van der Waals surface area contributed by atoms with Gasteiger partial charge in [0.1, 0.15) is 18.0 Å². The van der Waals surface area contributed by atoms with Crippen LogP contribution in [0.1, 0.15) is 35.2 Å². The predicted molar refractivity (Wildman–Crippen MR) is 138 cm³/mol. The van der Waals surface area contributed by atoms with Crippen LogP contribution in [0.25, 0.3) is 0 Å². The second kappa shape index (κ2) is 10.8. The summed E-state index contributed by atoms with van der Waals surface area (Å²) >= 11 is 0. The lowest BCUT2D eigenvalue weighted by molar-refractivity contribution is -0.120. The van der Waals surface area contributed by atoms with Gasteiger partial charge in [-0.1, -0.05) is 23.8 Å². The minimum absolute atomic E-state index is 0.122. The largest absolute Gasteiger partial charge is 0.497 e. The van der Waals surface area contributed by atoms with Gasteiger partial charge in [0.2, 0.25) is 5.91 Å². The molecule has 1 amide bonds. The van der Waals surface area contributed by atoms with Gasteiger partial charge < -0.3 is 14.8 Å². The van der Waals surface area contributed by atoms with E-state index in [1.807, 2.05) is 33.8 Å². The van der Waals surface area contributed by atoms with Crippen molar-refractivity contribution in [2.75, 3.05) is 25.1 Å². The van der Waals surface area contributed by atoms with Crippen LogP contribution in [-0.4, -0.2) is 35.1 Å². The number of carbonyl (C=O) groups excluding carboxylic acids is 1. The quantitative estimate of drug-likeness (QED) is 0.464. The molecule has 35 heavy (non-hydrogen) atoms. The highest BCUT2D eigenvalue weighted by Crippen LogP contribution is 2.30. The summed E-state index contributed by atoms with van der Waals surface area (Å²) in [5, 5.41) is 2.90. The number of sulfonamides is 1. The molecule has 0 aliphatic rings. The Balaban J connectivity index is 1.94. The average Bonchev–Trinajstić information content (AvgIpc) is 2.84. The van der Waals surface area contributed by atoms with E-state index in [1.54, 1.807) is 68.8 Å². The Morgan fingerprint density at radius 1 is 0.914 bits per heavy atom. The lowest BCUT2D eigenvalue weighted by Crippen LogP contribution is -2.41. The zero-order valence-electron chi connectivity index (χ0n) is 21.0. The van der Waals surface area contributed by atoms with E-state index in [2.05, 4.69) is 5.32 Å². The zero-order valence-corrected chi connectivity index (χ0v) is 21.8. The van der Waals surface area contributed by atoms with Gasteiger partial charge >= 0.3 is 0 Å². The van der Waals surface area contributed by atoms with Crippen LogP contribution in [0.2, 0.25) is 0 Å². The van der Waals surface area contributed by atoms with Crippen molar-refractivity contribution in [3.63, 3.8) is 0 Å². The van der Waals surface area contributed by atoms with Crippen molar-refractivity contribution in [2.24, 2.45) is 0 Å². The number of rotatable bonds is 9. The summed E-state index contributed by atoms with van der Waals surface area (Å²) in [7, 11) is -0.879. The van der Waals surface area contributed by atoms with Crippen molar-refractivity contribution < 1.29 is 22.7 Å². The molecule has 0 radical (unpaired) electrons. The van der Waals surface area contributed by atoms with Gasteiger partial charge in [-0.15, -0.1) is 0 Å². The van der Waals surface area contributed by atoms with Crippen LogP contribution >= 0.6 is 0 Å². The highest BCUT2D eigenvalue weighted by atomic mass is 32.2. The summed E-state index contributed by atoms with van der Waals surface area (Å²) in [5.41, 5.74) is 4.06. The van der Waals surface area contributed by atoms with Crippen LogP contribution in [0, 0.1) is 20.8 Å². The van der Waals surface area contributed by atoms with Gasteiger partial charge in [0, 0.05) is 5.56 Å². The number of hydrogen-bond acceptors (Lipinski definition) is 5. The molecule has 0 unspecified atom stereocenters. The highest BCUT2D eigenvalue weighted by Gasteiger charge is 2.28. The van der Waals surface area contributed by atoms with Gasteiger partial charge in [-0.05, 0) is 81.3 Å². The van der Waals surface area contributed by atoms with Gasteiger partial charge in [0.05, 0.1) is 30.8 Å². The minimum atomic E-state index is -3.99. The van der Waals surface area contributed by atoms with E-state index in [0.29, 0.717) is 17.2 Å². The molecular formula is C27H32N2O5S.